The van der Waals surface area contributed by atoms with E-state index in [-0.39, 0.29) is 0 Å². The van der Waals surface area contributed by atoms with Crippen molar-refractivity contribution in [3.05, 3.63) is 197 Å². The first-order chi connectivity index (χ1) is 24.7. The van der Waals surface area contributed by atoms with Crippen molar-refractivity contribution in [2.24, 2.45) is 0 Å². The van der Waals surface area contributed by atoms with Crippen LogP contribution < -0.4 is 15.1 Å². The van der Waals surface area contributed by atoms with Gasteiger partial charge >= 0.3 is 0 Å². The van der Waals surface area contributed by atoms with E-state index in [0.29, 0.717) is 5.92 Å². The molecule has 0 radical (unpaired) electrons. The summed E-state index contributed by atoms with van der Waals surface area (Å²) in [5, 5.41) is 3.71. The van der Waals surface area contributed by atoms with Gasteiger partial charge < -0.3 is 15.1 Å². The van der Waals surface area contributed by atoms with Crippen molar-refractivity contribution in [2.45, 2.75) is 52.7 Å². The van der Waals surface area contributed by atoms with Gasteiger partial charge in [0, 0.05) is 36.4 Å². The van der Waals surface area contributed by atoms with E-state index in [2.05, 4.69) is 192 Å². The lowest BCUT2D eigenvalue weighted by Gasteiger charge is -2.22. The zero-order chi connectivity index (χ0) is 34.5. The van der Waals surface area contributed by atoms with Gasteiger partial charge in [0.15, 0.2) is 0 Å². The molecule has 1 atom stereocenters. The molecule has 3 heteroatoms. The Morgan fingerprint density at radius 3 is 1.60 bits per heavy atom. The van der Waals surface area contributed by atoms with Gasteiger partial charge in [-0.1, -0.05) is 154 Å². The Kier molecular flexibility index (Phi) is 11.7. The van der Waals surface area contributed by atoms with Crippen LogP contribution in [-0.4, -0.2) is 6.67 Å². The van der Waals surface area contributed by atoms with Crippen molar-refractivity contribution >= 4 is 17.1 Å². The number of nitrogens with zero attached hydrogens (tertiary/aromatic N) is 2. The second-order valence-corrected chi connectivity index (χ2v) is 12.7. The first-order valence-electron chi connectivity index (χ1n) is 17.9. The average Bonchev–Trinajstić information content (AvgIpc) is 3.51. The molecule has 0 saturated carbocycles. The van der Waals surface area contributed by atoms with E-state index < -0.39 is 0 Å². The first kappa shape index (κ1) is 34.2. The number of fused-ring (bicyclic) bond motifs is 1. The fraction of sp³-hybridized carbons (Fsp3) is 0.191. The quantitative estimate of drug-likeness (QED) is 0.148. The third kappa shape index (κ3) is 8.84. The normalized spacial score (nSPS) is 12.2. The highest BCUT2D eigenvalue weighted by Gasteiger charge is 2.26. The highest BCUT2D eigenvalue weighted by Crippen LogP contribution is 2.38. The van der Waals surface area contributed by atoms with Crippen molar-refractivity contribution in [3.8, 4) is 11.8 Å². The lowest BCUT2D eigenvalue weighted by molar-refractivity contribution is 0.759. The smallest absolute Gasteiger partial charge is 0.0911 e. The molecule has 3 nitrogen and oxygen atoms in total. The molecule has 1 unspecified atom stereocenters. The largest absolute Gasteiger partial charge is 0.381 e. The van der Waals surface area contributed by atoms with Crippen LogP contribution in [0.5, 0.6) is 0 Å². The summed E-state index contributed by atoms with van der Waals surface area (Å²) in [6.45, 7) is 9.67. The molecule has 1 aliphatic heterocycles. The molecule has 6 aromatic rings. The summed E-state index contributed by atoms with van der Waals surface area (Å²) < 4.78 is 0. The molecule has 7 rings (SSSR count). The van der Waals surface area contributed by atoms with Crippen LogP contribution >= 0.6 is 0 Å². The Morgan fingerprint density at radius 1 is 0.540 bits per heavy atom. The lowest BCUT2D eigenvalue weighted by Crippen LogP contribution is -2.30. The van der Waals surface area contributed by atoms with Crippen LogP contribution in [0.2, 0.25) is 0 Å². The molecule has 6 aromatic carbocycles. The molecule has 1 N–H and O–H groups in total. The highest BCUT2D eigenvalue weighted by molar-refractivity contribution is 5.78. The van der Waals surface area contributed by atoms with E-state index in [4.69, 9.17) is 0 Å². The molecule has 1 heterocycles. The standard InChI is InChI=1S/C45H41N3.C2H6/c1-35(28-36-14-6-2-7-15-36)42-29-37(24-26-43(42)46-31-39-16-8-3-9-17-39)22-23-38-25-27-44-45(30-38)48(33-41-20-12-5-13-21-41)34-47(44)32-40-18-10-4-11-19-40;1-2/h2-21,24-27,29-30,35,46H,28,31-34H2,1H3;1-2H3. The van der Waals surface area contributed by atoms with Gasteiger partial charge in [-0.3, -0.25) is 0 Å². The first-order valence-corrected chi connectivity index (χ1v) is 17.9. The van der Waals surface area contributed by atoms with Crippen LogP contribution in [0.15, 0.2) is 158 Å². The number of benzene rings is 6. The van der Waals surface area contributed by atoms with Crippen LogP contribution in [0.1, 0.15) is 65.6 Å². The molecule has 0 aromatic heterocycles. The number of anilines is 3. The number of nitrogens with one attached hydrogen (secondary N) is 1. The third-order valence-corrected chi connectivity index (χ3v) is 9.07. The molecule has 0 aliphatic carbocycles. The van der Waals surface area contributed by atoms with Crippen LogP contribution in [0.25, 0.3) is 0 Å². The minimum Gasteiger partial charge on any atom is -0.381 e. The molecule has 0 saturated heterocycles. The molecular weight excluding hydrogens is 607 g/mol. The average molecular weight is 654 g/mol. The van der Waals surface area contributed by atoms with Crippen molar-refractivity contribution in [2.75, 3.05) is 21.8 Å². The summed E-state index contributed by atoms with van der Waals surface area (Å²) in [4.78, 5) is 4.93. The van der Waals surface area contributed by atoms with Crippen molar-refractivity contribution in [3.63, 3.8) is 0 Å². The molecule has 0 fully saturated rings. The molecule has 0 spiro atoms. The summed E-state index contributed by atoms with van der Waals surface area (Å²) in [5.41, 5.74) is 12.2. The fourth-order valence-electron chi connectivity index (χ4n) is 6.58. The second-order valence-electron chi connectivity index (χ2n) is 12.7. The van der Waals surface area contributed by atoms with E-state index in [1.807, 2.05) is 13.8 Å². The zero-order valence-electron chi connectivity index (χ0n) is 29.5. The van der Waals surface area contributed by atoms with E-state index in [1.165, 1.54) is 44.9 Å². The molecule has 1 aliphatic rings. The van der Waals surface area contributed by atoms with Crippen LogP contribution in [0.3, 0.4) is 0 Å². The van der Waals surface area contributed by atoms with Crippen molar-refractivity contribution in [1.29, 1.82) is 0 Å². The molecule has 0 amide bonds. The molecular formula is C47H47N3. The van der Waals surface area contributed by atoms with Gasteiger partial charge in [-0.2, -0.15) is 0 Å². The minimum atomic E-state index is 0.328. The highest BCUT2D eigenvalue weighted by atomic mass is 15.4. The summed E-state index contributed by atoms with van der Waals surface area (Å²) in [7, 11) is 0. The Bertz CT molecular complexity index is 1980. The minimum absolute atomic E-state index is 0.328. The summed E-state index contributed by atoms with van der Waals surface area (Å²) in [6, 6.07) is 56.1. The Morgan fingerprint density at radius 2 is 1.02 bits per heavy atom. The van der Waals surface area contributed by atoms with Crippen LogP contribution in [0, 0.1) is 11.8 Å². The van der Waals surface area contributed by atoms with E-state index in [1.54, 1.807) is 0 Å². The summed E-state index contributed by atoms with van der Waals surface area (Å²) in [5.74, 6) is 7.36. The third-order valence-electron chi connectivity index (χ3n) is 9.07. The summed E-state index contributed by atoms with van der Waals surface area (Å²) in [6.07, 6.45) is 0.972. The number of hydrogen-bond acceptors (Lipinski definition) is 3. The fourth-order valence-corrected chi connectivity index (χ4v) is 6.58. The van der Waals surface area contributed by atoms with Gasteiger partial charge in [-0.25, -0.2) is 0 Å². The van der Waals surface area contributed by atoms with Gasteiger partial charge in [0.2, 0.25) is 0 Å². The van der Waals surface area contributed by atoms with Gasteiger partial charge in [0.25, 0.3) is 0 Å². The van der Waals surface area contributed by atoms with Crippen LogP contribution in [-0.2, 0) is 26.1 Å². The molecule has 0 bridgehead atoms. The molecule has 50 heavy (non-hydrogen) atoms. The molecule has 250 valence electrons. The van der Waals surface area contributed by atoms with Crippen molar-refractivity contribution < 1.29 is 0 Å². The van der Waals surface area contributed by atoms with E-state index in [0.717, 1.165) is 43.9 Å². The Labute approximate surface area is 299 Å². The Balaban J connectivity index is 0.00000212. The maximum atomic E-state index is 3.71. The predicted molar refractivity (Wildman–Crippen MR) is 213 cm³/mol. The van der Waals surface area contributed by atoms with Gasteiger partial charge in [0.05, 0.1) is 18.0 Å². The predicted octanol–water partition coefficient (Wildman–Crippen LogP) is 11.1. The monoisotopic (exact) mass is 653 g/mol. The Hall–Kier alpha value is -5.72. The second kappa shape index (κ2) is 17.1. The zero-order valence-corrected chi connectivity index (χ0v) is 29.5. The SMILES string of the molecule is CC.CC(Cc1ccccc1)c1cc(C#Cc2ccc3c(c2)N(Cc2ccccc2)CN3Cc2ccccc2)ccc1NCc1ccccc1. The topological polar surface area (TPSA) is 18.5 Å². The van der Waals surface area contributed by atoms with Crippen LogP contribution in [0.4, 0.5) is 17.1 Å². The van der Waals surface area contributed by atoms with Gasteiger partial charge in [-0.05, 0) is 76.6 Å². The van der Waals surface area contributed by atoms with Gasteiger partial charge in [-0.15, -0.1) is 0 Å². The van der Waals surface area contributed by atoms with E-state index >= 15 is 0 Å². The van der Waals surface area contributed by atoms with Gasteiger partial charge in [0.1, 0.15) is 0 Å². The maximum Gasteiger partial charge on any atom is 0.0911 e. The van der Waals surface area contributed by atoms with E-state index in [9.17, 15) is 0 Å². The summed E-state index contributed by atoms with van der Waals surface area (Å²) >= 11 is 0. The number of rotatable bonds is 10. The lowest BCUT2D eigenvalue weighted by atomic mass is 9.91. The van der Waals surface area contributed by atoms with Crippen molar-refractivity contribution in [1.82, 2.24) is 0 Å². The number of hydrogen-bond donors (Lipinski definition) is 1. The maximum absolute atomic E-state index is 3.71.